The first-order valence-corrected chi connectivity index (χ1v) is 8.93. The number of rotatable bonds is 5. The fraction of sp³-hybridized carbons (Fsp3) is 1.00. The van der Waals surface area contributed by atoms with Crippen molar-refractivity contribution in [3.63, 3.8) is 0 Å². The SMILES string of the molecule is CCC1CCC(CNC(C)(C)C)(OC2CCOCC2)CC1. The Hall–Kier alpha value is -0.120. The van der Waals surface area contributed by atoms with E-state index in [0.717, 1.165) is 38.5 Å². The van der Waals surface area contributed by atoms with Gasteiger partial charge >= 0.3 is 0 Å². The minimum absolute atomic E-state index is 0.0565. The van der Waals surface area contributed by atoms with Crippen LogP contribution >= 0.6 is 0 Å². The van der Waals surface area contributed by atoms with Crippen molar-refractivity contribution in [2.75, 3.05) is 19.8 Å². The van der Waals surface area contributed by atoms with E-state index in [1.54, 1.807) is 0 Å². The maximum Gasteiger partial charge on any atom is 0.0810 e. The maximum absolute atomic E-state index is 6.67. The molecule has 3 heteroatoms. The second-order valence-electron chi connectivity index (χ2n) is 8.07. The Bertz CT molecular complexity index is 297. The largest absolute Gasteiger partial charge is 0.381 e. The Morgan fingerprint density at radius 3 is 2.24 bits per heavy atom. The van der Waals surface area contributed by atoms with Crippen LogP contribution < -0.4 is 5.32 Å². The molecule has 0 aromatic carbocycles. The van der Waals surface area contributed by atoms with E-state index in [-0.39, 0.29) is 11.1 Å². The normalized spacial score (nSPS) is 32.3. The highest BCUT2D eigenvalue weighted by Gasteiger charge is 2.38. The van der Waals surface area contributed by atoms with Crippen molar-refractivity contribution in [1.29, 1.82) is 0 Å². The second kappa shape index (κ2) is 7.43. The van der Waals surface area contributed by atoms with Crippen LogP contribution in [-0.4, -0.2) is 37.0 Å². The average Bonchev–Trinajstić information content (AvgIpc) is 2.47. The van der Waals surface area contributed by atoms with E-state index in [2.05, 4.69) is 33.0 Å². The molecule has 2 fully saturated rings. The summed E-state index contributed by atoms with van der Waals surface area (Å²) < 4.78 is 12.1. The van der Waals surface area contributed by atoms with Crippen LogP contribution in [0.4, 0.5) is 0 Å². The van der Waals surface area contributed by atoms with Gasteiger partial charge in [0.05, 0.1) is 11.7 Å². The summed E-state index contributed by atoms with van der Waals surface area (Å²) in [5.41, 5.74) is 0.217. The van der Waals surface area contributed by atoms with Gasteiger partial charge in [-0.05, 0) is 65.2 Å². The molecule has 1 heterocycles. The van der Waals surface area contributed by atoms with E-state index in [1.165, 1.54) is 32.1 Å². The minimum Gasteiger partial charge on any atom is -0.381 e. The predicted octanol–water partition coefficient (Wildman–Crippen LogP) is 3.91. The summed E-state index contributed by atoms with van der Waals surface area (Å²) in [7, 11) is 0. The van der Waals surface area contributed by atoms with Crippen LogP contribution in [0.2, 0.25) is 0 Å². The Kier molecular flexibility index (Phi) is 6.10. The molecular weight excluding hydrogens is 262 g/mol. The summed E-state index contributed by atoms with van der Waals surface area (Å²) in [6.07, 6.45) is 8.93. The summed E-state index contributed by atoms with van der Waals surface area (Å²) >= 11 is 0. The minimum atomic E-state index is 0.0565. The van der Waals surface area contributed by atoms with E-state index in [9.17, 15) is 0 Å². The molecule has 0 atom stereocenters. The van der Waals surface area contributed by atoms with Crippen molar-refractivity contribution in [3.05, 3.63) is 0 Å². The monoisotopic (exact) mass is 297 g/mol. The number of hydrogen-bond donors (Lipinski definition) is 1. The van der Waals surface area contributed by atoms with Crippen molar-refractivity contribution in [2.45, 2.75) is 89.9 Å². The molecule has 2 rings (SSSR count). The molecular formula is C18H35NO2. The zero-order valence-corrected chi connectivity index (χ0v) is 14.5. The molecule has 3 nitrogen and oxygen atoms in total. The molecule has 0 amide bonds. The van der Waals surface area contributed by atoms with E-state index < -0.39 is 0 Å². The quantitative estimate of drug-likeness (QED) is 0.834. The third-order valence-electron chi connectivity index (χ3n) is 5.12. The van der Waals surface area contributed by atoms with Gasteiger partial charge in [-0.25, -0.2) is 0 Å². The van der Waals surface area contributed by atoms with Crippen LogP contribution in [0.25, 0.3) is 0 Å². The van der Waals surface area contributed by atoms with Gasteiger partial charge in [0, 0.05) is 25.3 Å². The molecule has 1 saturated heterocycles. The van der Waals surface area contributed by atoms with Gasteiger partial charge in [0.1, 0.15) is 0 Å². The lowest BCUT2D eigenvalue weighted by Gasteiger charge is -2.44. The van der Waals surface area contributed by atoms with Crippen molar-refractivity contribution in [1.82, 2.24) is 5.32 Å². The molecule has 0 aromatic rings. The van der Waals surface area contributed by atoms with Gasteiger partial charge in [-0.2, -0.15) is 0 Å². The Morgan fingerprint density at radius 2 is 1.71 bits per heavy atom. The fourth-order valence-corrected chi connectivity index (χ4v) is 3.52. The van der Waals surface area contributed by atoms with Crippen LogP contribution in [0.15, 0.2) is 0 Å². The molecule has 1 saturated carbocycles. The van der Waals surface area contributed by atoms with Crippen LogP contribution in [0.1, 0.15) is 72.6 Å². The molecule has 0 spiro atoms. The van der Waals surface area contributed by atoms with Gasteiger partial charge < -0.3 is 14.8 Å². The molecule has 0 unspecified atom stereocenters. The van der Waals surface area contributed by atoms with Gasteiger partial charge in [-0.1, -0.05) is 13.3 Å². The second-order valence-corrected chi connectivity index (χ2v) is 8.07. The molecule has 0 radical (unpaired) electrons. The highest BCUT2D eigenvalue weighted by Crippen LogP contribution is 2.38. The van der Waals surface area contributed by atoms with Crippen LogP contribution in [0.3, 0.4) is 0 Å². The molecule has 124 valence electrons. The molecule has 0 aromatic heterocycles. The third-order valence-corrected chi connectivity index (χ3v) is 5.12. The molecule has 1 aliphatic carbocycles. The zero-order chi connectivity index (χ0) is 15.3. The number of hydrogen-bond acceptors (Lipinski definition) is 3. The highest BCUT2D eigenvalue weighted by atomic mass is 16.5. The van der Waals surface area contributed by atoms with E-state index in [4.69, 9.17) is 9.47 Å². The van der Waals surface area contributed by atoms with Crippen molar-refractivity contribution < 1.29 is 9.47 Å². The first-order chi connectivity index (χ1) is 9.92. The summed E-state index contributed by atoms with van der Waals surface area (Å²) in [6.45, 7) is 11.8. The Morgan fingerprint density at radius 1 is 1.10 bits per heavy atom. The lowest BCUT2D eigenvalue weighted by atomic mass is 9.77. The Balaban J connectivity index is 1.95. The average molecular weight is 297 g/mol. The van der Waals surface area contributed by atoms with E-state index >= 15 is 0 Å². The van der Waals surface area contributed by atoms with E-state index in [0.29, 0.717) is 6.10 Å². The highest BCUT2D eigenvalue weighted by molar-refractivity contribution is 4.92. The van der Waals surface area contributed by atoms with E-state index in [1.807, 2.05) is 0 Å². The fourth-order valence-electron chi connectivity index (χ4n) is 3.52. The zero-order valence-electron chi connectivity index (χ0n) is 14.5. The van der Waals surface area contributed by atoms with Gasteiger partial charge in [0.2, 0.25) is 0 Å². The first kappa shape index (κ1) is 17.2. The summed E-state index contributed by atoms with van der Waals surface area (Å²) in [5, 5.41) is 3.70. The lowest BCUT2D eigenvalue weighted by Crippen LogP contribution is -2.52. The van der Waals surface area contributed by atoms with Gasteiger partial charge in [0.25, 0.3) is 0 Å². The third kappa shape index (κ3) is 5.54. The first-order valence-electron chi connectivity index (χ1n) is 8.93. The standard InChI is InChI=1S/C18H35NO2/c1-5-15-6-10-18(11-7-15,14-19-17(2,3)4)21-16-8-12-20-13-9-16/h15-16,19H,5-14H2,1-4H3. The topological polar surface area (TPSA) is 30.5 Å². The smallest absolute Gasteiger partial charge is 0.0810 e. The predicted molar refractivity (Wildman–Crippen MR) is 87.7 cm³/mol. The molecule has 2 aliphatic rings. The van der Waals surface area contributed by atoms with Gasteiger partial charge in [0.15, 0.2) is 0 Å². The number of nitrogens with one attached hydrogen (secondary N) is 1. The molecule has 1 N–H and O–H groups in total. The van der Waals surface area contributed by atoms with Crippen molar-refractivity contribution in [2.24, 2.45) is 5.92 Å². The van der Waals surface area contributed by atoms with Crippen molar-refractivity contribution in [3.8, 4) is 0 Å². The Labute approximate surface area is 131 Å². The van der Waals surface area contributed by atoms with Crippen LogP contribution in [-0.2, 0) is 9.47 Å². The number of ether oxygens (including phenoxy) is 2. The molecule has 1 aliphatic heterocycles. The van der Waals surface area contributed by atoms with Crippen LogP contribution in [0.5, 0.6) is 0 Å². The van der Waals surface area contributed by atoms with Gasteiger partial charge in [-0.3, -0.25) is 0 Å². The van der Waals surface area contributed by atoms with Crippen molar-refractivity contribution >= 4 is 0 Å². The lowest BCUT2D eigenvalue weighted by molar-refractivity contribution is -0.144. The molecule has 21 heavy (non-hydrogen) atoms. The molecule has 0 bridgehead atoms. The maximum atomic E-state index is 6.67. The summed E-state index contributed by atoms with van der Waals surface area (Å²) in [4.78, 5) is 0. The van der Waals surface area contributed by atoms with Crippen LogP contribution in [0, 0.1) is 5.92 Å². The summed E-state index contributed by atoms with van der Waals surface area (Å²) in [5.74, 6) is 0.908. The van der Waals surface area contributed by atoms with Gasteiger partial charge in [-0.15, -0.1) is 0 Å². The summed E-state index contributed by atoms with van der Waals surface area (Å²) in [6, 6.07) is 0.